The van der Waals surface area contributed by atoms with Crippen LogP contribution in [0.1, 0.15) is 193 Å². The van der Waals surface area contributed by atoms with Crippen LogP contribution in [0.15, 0.2) is 110 Å². The number of esters is 10. The zero-order valence-electron chi connectivity index (χ0n) is 74.5. The van der Waals surface area contributed by atoms with Crippen LogP contribution in [-0.2, 0) is 126 Å². The van der Waals surface area contributed by atoms with Gasteiger partial charge in [-0.1, -0.05) is 98.7 Å². The first-order chi connectivity index (χ1) is 57.1. The number of rotatable bonds is 46. The number of alkyl carbamates (subject to hydrolysis) is 2. The van der Waals surface area contributed by atoms with Crippen LogP contribution in [0.5, 0.6) is 0 Å². The summed E-state index contributed by atoms with van der Waals surface area (Å²) in [5.74, 6) is -5.21. The molecule has 7 unspecified atom stereocenters. The number of benzene rings is 2. The maximum Gasteiger partial charge on any atom is 0.407 e. The van der Waals surface area contributed by atoms with Crippen molar-refractivity contribution in [2.24, 2.45) is 27.6 Å². The minimum Gasteiger partial charge on any atom is -0.462 e. The van der Waals surface area contributed by atoms with Gasteiger partial charge in [0.15, 0.2) is 0 Å². The van der Waals surface area contributed by atoms with Gasteiger partial charge < -0.3 is 98.2 Å². The third-order valence-electron chi connectivity index (χ3n) is 18.4. The number of hydrogen-bond donors (Lipinski definition) is 7. The number of ether oxygens (including phenoxy) is 13. The molecular formula is C88H134N4O30. The highest BCUT2D eigenvalue weighted by Crippen LogP contribution is 2.32. The van der Waals surface area contributed by atoms with Crippen LogP contribution in [-0.4, -0.2) is 222 Å². The topological polar surface area (TPSA) is 468 Å². The largest absolute Gasteiger partial charge is 0.462 e. The Morgan fingerprint density at radius 3 is 1.32 bits per heavy atom. The Morgan fingerprint density at radius 1 is 0.492 bits per heavy atom. The van der Waals surface area contributed by atoms with E-state index in [-0.39, 0.29) is 158 Å². The third kappa shape index (κ3) is 49.8. The molecule has 1 saturated carbocycles. The Labute approximate surface area is 717 Å². The first-order valence-corrected chi connectivity index (χ1v) is 40.2. The molecule has 0 heterocycles. The second kappa shape index (κ2) is 60.6. The average molecular weight is 1730 g/mol. The molecule has 1 aliphatic rings. The van der Waals surface area contributed by atoms with E-state index in [0.717, 1.165) is 22.9 Å². The van der Waals surface area contributed by atoms with Crippen LogP contribution in [0, 0.1) is 27.6 Å². The minimum atomic E-state index is -1.20. The van der Waals surface area contributed by atoms with Gasteiger partial charge in [0.05, 0.1) is 53.4 Å². The molecule has 1 aliphatic carbocycles. The molecule has 0 aliphatic heterocycles. The second-order valence-electron chi connectivity index (χ2n) is 30.5. The maximum absolute atomic E-state index is 13.0. The van der Waals surface area contributed by atoms with Crippen molar-refractivity contribution >= 4 is 95.1 Å². The summed E-state index contributed by atoms with van der Waals surface area (Å²) >= 11 is 0. The molecule has 2 aromatic carbocycles. The zero-order chi connectivity index (χ0) is 93.5. The van der Waals surface area contributed by atoms with Crippen molar-refractivity contribution in [1.29, 1.82) is 0 Å². The van der Waals surface area contributed by atoms with Crippen LogP contribution in [0.2, 0.25) is 0 Å². The highest BCUT2D eigenvalue weighted by molar-refractivity contribution is 5.92. The predicted octanol–water partition coefficient (Wildman–Crippen LogP) is 10.7. The van der Waals surface area contributed by atoms with Gasteiger partial charge in [-0.3, -0.25) is 33.6 Å². The van der Waals surface area contributed by atoms with E-state index < -0.39 is 94.1 Å². The van der Waals surface area contributed by atoms with E-state index in [4.69, 9.17) is 56.8 Å². The normalized spacial score (nSPS) is 14.4. The number of carbonyl (C=O) groups excluding carboxylic acids is 14. The number of hydrogen-bond acceptors (Lipinski definition) is 30. The minimum absolute atomic E-state index is 0.000325. The van der Waals surface area contributed by atoms with Gasteiger partial charge in [0.25, 0.3) is 0 Å². The first-order valence-electron chi connectivity index (χ1n) is 40.2. The molecule has 7 N–H and O–H groups in total. The summed E-state index contributed by atoms with van der Waals surface area (Å²) in [6, 6.07) is 15.1. The molecule has 34 nitrogen and oxygen atoms in total. The molecule has 7 atom stereocenters. The van der Waals surface area contributed by atoms with Crippen molar-refractivity contribution in [3.63, 3.8) is 0 Å². The Morgan fingerprint density at radius 2 is 0.902 bits per heavy atom. The smallest absolute Gasteiger partial charge is 0.407 e. The van der Waals surface area contributed by atoms with Crippen molar-refractivity contribution in [3.8, 4) is 0 Å². The molecule has 0 spiro atoms. The molecule has 3 rings (SSSR count). The number of aliphatic hydroxyl groups excluding tert-OH is 3. The molecule has 0 radical (unpaired) electrons. The molecular weight excluding hydrogens is 1590 g/mol. The Hall–Kier alpha value is -10.8. The van der Waals surface area contributed by atoms with E-state index in [2.05, 4.69) is 58.9 Å². The lowest BCUT2D eigenvalue weighted by Gasteiger charge is -2.34. The van der Waals surface area contributed by atoms with Crippen molar-refractivity contribution in [2.45, 2.75) is 219 Å². The van der Waals surface area contributed by atoms with E-state index in [1.165, 1.54) is 34.8 Å². The second-order valence-corrected chi connectivity index (χ2v) is 30.5. The van der Waals surface area contributed by atoms with E-state index in [1.54, 1.807) is 48.5 Å². The van der Waals surface area contributed by atoms with Gasteiger partial charge in [-0.2, -0.15) is 0 Å². The molecule has 0 saturated heterocycles. The van der Waals surface area contributed by atoms with Gasteiger partial charge in [0, 0.05) is 66.6 Å². The standard InChI is InChI=1S/C31H40N2O8.C16H26O5.C15H25NO6.C14H23NO6.C12H20O5/c1-6-31(20-39-5,30(38)41-19-27(35)18-40-29(37)21(2)3)16-15-28(36)33-26-13-9-24(10-14-26)17-23-7-11-25(12-8-23)32-22(4)34;1-6-16(4,5)15(19)21-13-8-7-11(9-12(13)17)20-14(18)10(2)3;1-6-15(4,5)13(18)21-9-10-22-14(19)16-7-8-20-12(17)11(2)3;1-5-11(4)13(17)20-8-9-21-14(18)15-6-7-19-12(16)10(2)3;1-5-10(14)16-7-9(13)8-17-11(15)12(3,4)6-2/h7-14,27,35H,2,6,15-20H2,1,3-5H3,(H,32,34)(H,33,36);11-13,17H,2,6-9H2,1,3-5H3;2,6-10H2,1,3-5H3,(H,16,19);11H,2,5-9H2,1,3-4H3,(H,15,18);5,9,13H,1,6-8H2,2-4H3. The number of aliphatic hydroxyl groups is 3. The van der Waals surface area contributed by atoms with Crippen LogP contribution in [0.25, 0.3) is 0 Å². The lowest BCUT2D eigenvalue weighted by atomic mass is 9.81. The van der Waals surface area contributed by atoms with Gasteiger partial charge in [-0.25, -0.2) is 33.6 Å². The lowest BCUT2D eigenvalue weighted by molar-refractivity contribution is -0.174. The van der Waals surface area contributed by atoms with E-state index in [1.807, 2.05) is 90.1 Å². The number of anilines is 2. The van der Waals surface area contributed by atoms with Gasteiger partial charge in [-0.05, 0) is 162 Å². The zero-order valence-corrected chi connectivity index (χ0v) is 74.5. The summed E-state index contributed by atoms with van der Waals surface area (Å²) in [7, 11) is 1.46. The van der Waals surface area contributed by atoms with Gasteiger partial charge in [-0.15, -0.1) is 0 Å². The van der Waals surface area contributed by atoms with E-state index in [0.29, 0.717) is 73.8 Å². The SMILES string of the molecule is C=C(C)C(=O)OC1CCC(OC(=O)C(C)(C)CC)C(O)C1.C=C(C)C(=O)OCC(O)COC(=O)C(CC)(CCC(=O)Nc1ccc(Cc2ccc(NC(C)=O)cc2)cc1)COC.C=C(C)C(=O)OCCNC(=O)OCCOC(=O)C(C)(C)CC.C=C(C)C(=O)OCCNC(=O)OCCOC(=O)C(C)CC.C=CC(=O)OCC(O)COC(=O)C(C)(C)CC. The summed E-state index contributed by atoms with van der Waals surface area (Å²) in [6.07, 6.45) is 1.06. The number of nitrogens with one attached hydrogen (secondary N) is 4. The van der Waals surface area contributed by atoms with Gasteiger partial charge in [0.1, 0.15) is 90.5 Å². The number of methoxy groups -OCH3 is 1. The van der Waals surface area contributed by atoms with Crippen LogP contribution >= 0.6 is 0 Å². The average Bonchev–Trinajstić information content (AvgIpc) is 0.838. The summed E-state index contributed by atoms with van der Waals surface area (Å²) in [4.78, 5) is 162. The molecule has 0 bridgehead atoms. The Balaban J connectivity index is 0. The molecule has 0 aromatic heterocycles. The van der Waals surface area contributed by atoms with Crippen molar-refractivity contribution in [2.75, 3.05) is 104 Å². The quantitative estimate of drug-likeness (QED) is 0.0140. The molecule has 122 heavy (non-hydrogen) atoms. The fraction of sp³-hybridized carbons (Fsp3) is 0.591. The third-order valence-corrected chi connectivity index (χ3v) is 18.4. The van der Waals surface area contributed by atoms with Gasteiger partial charge in [0.2, 0.25) is 11.8 Å². The van der Waals surface area contributed by atoms with E-state index in [9.17, 15) is 82.4 Å². The number of carbonyl (C=O) groups is 14. The van der Waals surface area contributed by atoms with Crippen LogP contribution < -0.4 is 21.3 Å². The lowest BCUT2D eigenvalue weighted by Crippen LogP contribution is -2.42. The summed E-state index contributed by atoms with van der Waals surface area (Å²) in [5, 5.41) is 39.9. The highest BCUT2D eigenvalue weighted by atomic mass is 16.6. The molecule has 4 amide bonds. The van der Waals surface area contributed by atoms with Crippen LogP contribution in [0.4, 0.5) is 21.0 Å². The highest BCUT2D eigenvalue weighted by Gasteiger charge is 2.40. The molecule has 1 fully saturated rings. The van der Waals surface area contributed by atoms with Crippen molar-refractivity contribution in [1.82, 2.24) is 10.6 Å². The van der Waals surface area contributed by atoms with Crippen molar-refractivity contribution < 1.29 is 144 Å². The maximum atomic E-state index is 13.0. The fourth-order valence-electron chi connectivity index (χ4n) is 8.98. The molecule has 34 heteroatoms. The Kier molecular flexibility index (Phi) is 56.2. The molecule has 686 valence electrons. The first kappa shape index (κ1) is 113. The summed E-state index contributed by atoms with van der Waals surface area (Å²) in [6.45, 7) is 45.7. The summed E-state index contributed by atoms with van der Waals surface area (Å²) in [5.41, 5.74) is 1.86. The van der Waals surface area contributed by atoms with Crippen LogP contribution in [0.3, 0.4) is 0 Å². The number of amides is 4. The molecule has 2 aromatic rings. The van der Waals surface area contributed by atoms with E-state index >= 15 is 0 Å². The van der Waals surface area contributed by atoms with Crippen molar-refractivity contribution in [3.05, 3.63) is 121 Å². The monoisotopic (exact) mass is 1730 g/mol. The Bertz CT molecular complexity index is 3720. The fourth-order valence-corrected chi connectivity index (χ4v) is 8.98. The predicted molar refractivity (Wildman–Crippen MR) is 452 cm³/mol. The van der Waals surface area contributed by atoms with Gasteiger partial charge >= 0.3 is 71.9 Å². The summed E-state index contributed by atoms with van der Waals surface area (Å²) < 4.78 is 64.7.